The molecule has 2 rings (SSSR count). The lowest BCUT2D eigenvalue weighted by Gasteiger charge is -2.08. The highest BCUT2D eigenvalue weighted by atomic mass is 35.5. The number of nitrogens with two attached hydrogens (primary N) is 1. The van der Waals surface area contributed by atoms with Crippen molar-refractivity contribution in [2.45, 2.75) is 31.7 Å². The first-order chi connectivity index (χ1) is 9.00. The predicted octanol–water partition coefficient (Wildman–Crippen LogP) is 2.86. The number of amides is 1. The molecule has 0 aliphatic heterocycles. The van der Waals surface area contributed by atoms with Gasteiger partial charge in [0.05, 0.1) is 0 Å². The van der Waals surface area contributed by atoms with E-state index in [0.29, 0.717) is 23.6 Å². The Labute approximate surface area is 129 Å². The van der Waals surface area contributed by atoms with Crippen molar-refractivity contribution >= 4 is 29.9 Å². The third kappa shape index (κ3) is 4.08. The zero-order valence-corrected chi connectivity index (χ0v) is 12.8. The van der Waals surface area contributed by atoms with Crippen molar-refractivity contribution in [2.24, 2.45) is 11.7 Å². The second kappa shape index (κ2) is 7.25. The molecule has 1 amide bonds. The smallest absolute Gasteiger partial charge is 0.223 e. The lowest BCUT2D eigenvalue weighted by Crippen LogP contribution is -2.30. The third-order valence-corrected chi connectivity index (χ3v) is 3.73. The van der Waals surface area contributed by atoms with Crippen LogP contribution in [0, 0.1) is 11.7 Å². The molecule has 3 nitrogen and oxygen atoms in total. The van der Waals surface area contributed by atoms with Crippen LogP contribution in [-0.2, 0) is 4.79 Å². The molecule has 1 aliphatic rings. The number of hydrogen-bond donors (Lipinski definition) is 2. The molecule has 112 valence electrons. The molecule has 0 aromatic heterocycles. The monoisotopic (exact) mass is 320 g/mol. The topological polar surface area (TPSA) is 55.1 Å². The highest BCUT2D eigenvalue weighted by Gasteiger charge is 2.46. The molecule has 3 atom stereocenters. The Bertz CT molecular complexity index is 462. The third-order valence-electron chi connectivity index (χ3n) is 3.40. The van der Waals surface area contributed by atoms with Crippen LogP contribution in [0.4, 0.5) is 4.39 Å². The first-order valence-electron chi connectivity index (χ1n) is 6.48. The molecule has 3 unspecified atom stereocenters. The Hall–Kier alpha value is -0.840. The zero-order valence-electron chi connectivity index (χ0n) is 11.2. The quantitative estimate of drug-likeness (QED) is 0.876. The first kappa shape index (κ1) is 17.2. The Balaban J connectivity index is 0.00000200. The summed E-state index contributed by atoms with van der Waals surface area (Å²) in [5.74, 6) is -0.625. The van der Waals surface area contributed by atoms with Crippen LogP contribution in [0.25, 0.3) is 0 Å². The summed E-state index contributed by atoms with van der Waals surface area (Å²) in [6.07, 6.45) is 1.40. The van der Waals surface area contributed by atoms with Gasteiger partial charge < -0.3 is 11.1 Å². The van der Waals surface area contributed by atoms with Crippen LogP contribution < -0.4 is 11.1 Å². The van der Waals surface area contributed by atoms with Crippen LogP contribution in [0.1, 0.15) is 31.2 Å². The molecule has 0 radical (unpaired) electrons. The van der Waals surface area contributed by atoms with Crippen molar-refractivity contribution in [2.75, 3.05) is 6.54 Å². The largest absolute Gasteiger partial charge is 0.356 e. The maximum absolute atomic E-state index is 13.7. The molecule has 0 bridgehead atoms. The summed E-state index contributed by atoms with van der Waals surface area (Å²) in [5.41, 5.74) is 6.08. The SMILES string of the molecule is CC(N)CCNC(=O)C1CC1c1c(F)cccc1Cl.Cl. The fraction of sp³-hybridized carbons (Fsp3) is 0.500. The van der Waals surface area contributed by atoms with Gasteiger partial charge in [0.2, 0.25) is 5.91 Å². The fourth-order valence-electron chi connectivity index (χ4n) is 2.22. The number of halogens is 3. The summed E-state index contributed by atoms with van der Waals surface area (Å²) in [5, 5.41) is 3.23. The van der Waals surface area contributed by atoms with Gasteiger partial charge in [0.25, 0.3) is 0 Å². The summed E-state index contributed by atoms with van der Waals surface area (Å²) < 4.78 is 13.7. The average Bonchev–Trinajstić information content (AvgIpc) is 3.08. The molecule has 0 saturated heterocycles. The van der Waals surface area contributed by atoms with Gasteiger partial charge in [-0.25, -0.2) is 4.39 Å². The Morgan fingerprint density at radius 2 is 2.30 bits per heavy atom. The highest BCUT2D eigenvalue weighted by Crippen LogP contribution is 2.50. The Morgan fingerprint density at radius 1 is 1.60 bits per heavy atom. The molecular formula is C14H19Cl2FN2O. The van der Waals surface area contributed by atoms with Crippen molar-refractivity contribution in [3.63, 3.8) is 0 Å². The number of rotatable bonds is 5. The van der Waals surface area contributed by atoms with E-state index in [2.05, 4.69) is 5.32 Å². The van der Waals surface area contributed by atoms with Crippen LogP contribution in [0.3, 0.4) is 0 Å². The number of nitrogens with one attached hydrogen (secondary N) is 1. The fourth-order valence-corrected chi connectivity index (χ4v) is 2.53. The molecule has 0 spiro atoms. The molecule has 1 aromatic rings. The predicted molar refractivity (Wildman–Crippen MR) is 80.8 cm³/mol. The molecule has 1 aromatic carbocycles. The van der Waals surface area contributed by atoms with E-state index < -0.39 is 0 Å². The maximum Gasteiger partial charge on any atom is 0.223 e. The Morgan fingerprint density at radius 3 is 2.90 bits per heavy atom. The molecule has 20 heavy (non-hydrogen) atoms. The van der Waals surface area contributed by atoms with Gasteiger partial charge in [-0.3, -0.25) is 4.79 Å². The van der Waals surface area contributed by atoms with Crippen molar-refractivity contribution in [3.8, 4) is 0 Å². The standard InChI is InChI=1S/C14H18ClFN2O.ClH/c1-8(17)5-6-18-14(19)10-7-9(10)13-11(15)3-2-4-12(13)16;/h2-4,8-10H,5-7,17H2,1H3,(H,18,19);1H. The normalized spacial score (nSPS) is 21.8. The van der Waals surface area contributed by atoms with Gasteiger partial charge in [-0.05, 0) is 31.9 Å². The van der Waals surface area contributed by atoms with Gasteiger partial charge in [0, 0.05) is 35.0 Å². The number of benzene rings is 1. The van der Waals surface area contributed by atoms with Crippen LogP contribution in [-0.4, -0.2) is 18.5 Å². The van der Waals surface area contributed by atoms with E-state index in [1.165, 1.54) is 6.07 Å². The molecule has 1 fully saturated rings. The van der Waals surface area contributed by atoms with Gasteiger partial charge in [-0.2, -0.15) is 0 Å². The molecule has 0 heterocycles. The van der Waals surface area contributed by atoms with E-state index in [-0.39, 0.29) is 42.0 Å². The summed E-state index contributed by atoms with van der Waals surface area (Å²) in [6.45, 7) is 2.45. The number of hydrogen-bond acceptors (Lipinski definition) is 2. The summed E-state index contributed by atoms with van der Waals surface area (Å²) in [4.78, 5) is 11.9. The van der Waals surface area contributed by atoms with Crippen LogP contribution >= 0.6 is 24.0 Å². The second-order valence-electron chi connectivity index (χ2n) is 5.14. The lowest BCUT2D eigenvalue weighted by atomic mass is 10.1. The maximum atomic E-state index is 13.7. The van der Waals surface area contributed by atoms with Gasteiger partial charge in [0.1, 0.15) is 5.82 Å². The summed E-state index contributed by atoms with van der Waals surface area (Å²) >= 11 is 5.99. The van der Waals surface area contributed by atoms with Crippen molar-refractivity contribution in [3.05, 3.63) is 34.6 Å². The lowest BCUT2D eigenvalue weighted by molar-refractivity contribution is -0.122. The molecule has 6 heteroatoms. The molecule has 1 saturated carbocycles. The second-order valence-corrected chi connectivity index (χ2v) is 5.55. The van der Waals surface area contributed by atoms with Crippen molar-refractivity contribution in [1.29, 1.82) is 0 Å². The average molecular weight is 321 g/mol. The highest BCUT2D eigenvalue weighted by molar-refractivity contribution is 6.31. The van der Waals surface area contributed by atoms with Crippen molar-refractivity contribution < 1.29 is 9.18 Å². The van der Waals surface area contributed by atoms with Gasteiger partial charge in [0.15, 0.2) is 0 Å². The summed E-state index contributed by atoms with van der Waals surface area (Å²) in [7, 11) is 0. The molecular weight excluding hydrogens is 302 g/mol. The van der Waals surface area contributed by atoms with Crippen LogP contribution in [0.2, 0.25) is 5.02 Å². The van der Waals surface area contributed by atoms with Gasteiger partial charge in [-0.1, -0.05) is 17.7 Å². The van der Waals surface area contributed by atoms with E-state index >= 15 is 0 Å². The Kier molecular flexibility index (Phi) is 6.24. The van der Waals surface area contributed by atoms with E-state index in [4.69, 9.17) is 17.3 Å². The van der Waals surface area contributed by atoms with Crippen molar-refractivity contribution in [1.82, 2.24) is 5.32 Å². The van der Waals surface area contributed by atoms with Gasteiger partial charge >= 0.3 is 0 Å². The molecule has 3 N–H and O–H groups in total. The summed E-state index contributed by atoms with van der Waals surface area (Å²) in [6, 6.07) is 4.67. The minimum Gasteiger partial charge on any atom is -0.356 e. The number of carbonyl (C=O) groups excluding carboxylic acids is 1. The zero-order chi connectivity index (χ0) is 14.0. The number of carbonyl (C=O) groups is 1. The minimum absolute atomic E-state index is 0. The van der Waals surface area contributed by atoms with E-state index in [0.717, 1.165) is 6.42 Å². The van der Waals surface area contributed by atoms with Gasteiger partial charge in [-0.15, -0.1) is 12.4 Å². The first-order valence-corrected chi connectivity index (χ1v) is 6.85. The van der Waals surface area contributed by atoms with Crippen LogP contribution in [0.5, 0.6) is 0 Å². The van der Waals surface area contributed by atoms with E-state index in [1.54, 1.807) is 12.1 Å². The van der Waals surface area contributed by atoms with Crippen LogP contribution in [0.15, 0.2) is 18.2 Å². The minimum atomic E-state index is -0.330. The van der Waals surface area contributed by atoms with E-state index in [9.17, 15) is 9.18 Å². The van der Waals surface area contributed by atoms with E-state index in [1.807, 2.05) is 6.92 Å². The molecule has 1 aliphatic carbocycles.